The van der Waals surface area contributed by atoms with Crippen LogP contribution in [0.1, 0.15) is 13.3 Å². The predicted octanol–water partition coefficient (Wildman–Crippen LogP) is 0.860. The average molecular weight is 123 g/mol. The molecule has 0 aromatic carbocycles. The Hall–Kier alpha value is -0.0400. The van der Waals surface area contributed by atoms with Crippen LogP contribution >= 0.6 is 0 Å². The molecule has 3 rings (SSSR count). The van der Waals surface area contributed by atoms with E-state index in [1.165, 1.54) is 30.7 Å². The first kappa shape index (κ1) is 4.73. The van der Waals surface area contributed by atoms with Gasteiger partial charge in [0.25, 0.3) is 0 Å². The minimum absolute atomic E-state index is 0.940. The molecule has 0 aromatic heterocycles. The molecule has 0 amide bonds. The van der Waals surface area contributed by atoms with Gasteiger partial charge in [0.2, 0.25) is 0 Å². The van der Waals surface area contributed by atoms with Gasteiger partial charge in [-0.2, -0.15) is 0 Å². The van der Waals surface area contributed by atoms with Gasteiger partial charge in [-0.1, -0.05) is 6.92 Å². The highest BCUT2D eigenvalue weighted by molar-refractivity contribution is 5.18. The Morgan fingerprint density at radius 3 is 2.56 bits per heavy atom. The van der Waals surface area contributed by atoms with Crippen LogP contribution in [0.3, 0.4) is 0 Å². The summed E-state index contributed by atoms with van der Waals surface area (Å²) in [6.45, 7) is 3.70. The van der Waals surface area contributed by atoms with Crippen LogP contribution in [0.5, 0.6) is 0 Å². The second-order valence-electron chi connectivity index (χ2n) is 4.02. The Labute approximate surface area is 55.8 Å². The summed E-state index contributed by atoms with van der Waals surface area (Å²) in [7, 11) is 0. The van der Waals surface area contributed by atoms with Crippen molar-refractivity contribution in [3.8, 4) is 0 Å². The fraction of sp³-hybridized carbons (Fsp3) is 1.00. The van der Waals surface area contributed by atoms with Gasteiger partial charge in [0, 0.05) is 12.6 Å². The molecule has 3 unspecified atom stereocenters. The lowest BCUT2D eigenvalue weighted by Gasteiger charge is -2.03. The van der Waals surface area contributed by atoms with Crippen molar-refractivity contribution in [1.82, 2.24) is 5.32 Å². The fourth-order valence-electron chi connectivity index (χ4n) is 2.48. The zero-order valence-corrected chi connectivity index (χ0v) is 5.80. The molecule has 1 saturated heterocycles. The van der Waals surface area contributed by atoms with Crippen molar-refractivity contribution in [2.75, 3.05) is 6.54 Å². The van der Waals surface area contributed by atoms with Crippen LogP contribution in [-0.4, -0.2) is 12.6 Å². The fourth-order valence-corrected chi connectivity index (χ4v) is 2.48. The van der Waals surface area contributed by atoms with Crippen LogP contribution in [0.4, 0.5) is 0 Å². The lowest BCUT2D eigenvalue weighted by Crippen LogP contribution is -2.02. The van der Waals surface area contributed by atoms with Crippen LogP contribution < -0.4 is 5.32 Å². The smallest absolute Gasteiger partial charge is 0.0196 e. The van der Waals surface area contributed by atoms with Gasteiger partial charge in [-0.15, -0.1) is 0 Å². The maximum absolute atomic E-state index is 3.36. The number of rotatable bonds is 2. The van der Waals surface area contributed by atoms with Gasteiger partial charge in [-0.3, -0.25) is 0 Å². The highest BCUT2D eigenvalue weighted by Gasteiger charge is 2.70. The molecule has 1 heteroatoms. The van der Waals surface area contributed by atoms with E-state index < -0.39 is 0 Å². The Balaban J connectivity index is 1.52. The summed E-state index contributed by atoms with van der Waals surface area (Å²) in [5.41, 5.74) is 0. The van der Waals surface area contributed by atoms with E-state index in [0.717, 1.165) is 12.0 Å². The number of fused-ring (bicyclic) bond motifs is 1. The van der Waals surface area contributed by atoms with Crippen molar-refractivity contribution in [1.29, 1.82) is 0 Å². The molecule has 9 heavy (non-hydrogen) atoms. The Morgan fingerprint density at radius 2 is 2.11 bits per heavy atom. The third kappa shape index (κ3) is 0.536. The zero-order valence-electron chi connectivity index (χ0n) is 5.80. The molecule has 2 aliphatic carbocycles. The number of hydrogen-bond acceptors (Lipinski definition) is 1. The second-order valence-corrected chi connectivity index (χ2v) is 4.02. The lowest BCUT2D eigenvalue weighted by molar-refractivity contribution is 0.471. The van der Waals surface area contributed by atoms with Gasteiger partial charge in [0.15, 0.2) is 0 Å². The maximum atomic E-state index is 3.36. The van der Waals surface area contributed by atoms with Crippen LogP contribution in [0.2, 0.25) is 0 Å². The SMILES string of the molecule is CC1C2C(CC3CN3)C12. The highest BCUT2D eigenvalue weighted by Crippen LogP contribution is 2.74. The molecule has 1 N–H and O–H groups in total. The molecule has 0 aromatic rings. The van der Waals surface area contributed by atoms with Crippen molar-refractivity contribution in [3.63, 3.8) is 0 Å². The molecule has 50 valence electrons. The van der Waals surface area contributed by atoms with E-state index in [1.54, 1.807) is 0 Å². The van der Waals surface area contributed by atoms with E-state index >= 15 is 0 Å². The molecule has 2 saturated carbocycles. The molecule has 1 aliphatic heterocycles. The van der Waals surface area contributed by atoms with E-state index in [2.05, 4.69) is 12.2 Å². The van der Waals surface area contributed by atoms with Gasteiger partial charge >= 0.3 is 0 Å². The predicted molar refractivity (Wildman–Crippen MR) is 36.0 cm³/mol. The highest BCUT2D eigenvalue weighted by atomic mass is 15.1. The first-order valence-electron chi connectivity index (χ1n) is 4.11. The Morgan fingerprint density at radius 1 is 1.44 bits per heavy atom. The van der Waals surface area contributed by atoms with Crippen LogP contribution in [-0.2, 0) is 0 Å². The summed E-state index contributed by atoms with van der Waals surface area (Å²) in [6.07, 6.45) is 1.50. The van der Waals surface area contributed by atoms with E-state index in [1.807, 2.05) is 0 Å². The third-order valence-electron chi connectivity index (χ3n) is 3.42. The standard InChI is InChI=1S/C8H13N/c1-4-7-6(8(4)7)2-5-3-9-5/h4-9H,2-3H2,1H3. The van der Waals surface area contributed by atoms with Crippen LogP contribution in [0.25, 0.3) is 0 Å². The Kier molecular flexibility index (Phi) is 0.628. The third-order valence-corrected chi connectivity index (χ3v) is 3.42. The molecule has 3 atom stereocenters. The van der Waals surface area contributed by atoms with E-state index in [9.17, 15) is 0 Å². The minimum Gasteiger partial charge on any atom is -0.311 e. The average Bonchev–Trinajstić information content (AvgIpc) is 2.61. The normalized spacial score (nSPS) is 67.0. The number of nitrogens with one attached hydrogen (secondary N) is 1. The van der Waals surface area contributed by atoms with Gasteiger partial charge in [-0.25, -0.2) is 0 Å². The van der Waals surface area contributed by atoms with Crippen molar-refractivity contribution in [2.24, 2.45) is 23.7 Å². The molecule has 3 aliphatic rings. The van der Waals surface area contributed by atoms with Gasteiger partial charge in [0.05, 0.1) is 0 Å². The summed E-state index contributed by atoms with van der Waals surface area (Å²) in [5.74, 6) is 4.66. The van der Waals surface area contributed by atoms with Crippen LogP contribution in [0, 0.1) is 23.7 Å². The topological polar surface area (TPSA) is 21.9 Å². The second kappa shape index (κ2) is 1.20. The van der Waals surface area contributed by atoms with Gasteiger partial charge < -0.3 is 5.32 Å². The van der Waals surface area contributed by atoms with E-state index in [-0.39, 0.29) is 0 Å². The summed E-state index contributed by atoms with van der Waals surface area (Å²) < 4.78 is 0. The molecule has 0 bridgehead atoms. The number of hydrogen-bond donors (Lipinski definition) is 1. The van der Waals surface area contributed by atoms with Gasteiger partial charge in [-0.05, 0) is 30.1 Å². The van der Waals surface area contributed by atoms with Crippen molar-refractivity contribution in [2.45, 2.75) is 19.4 Å². The lowest BCUT2D eigenvalue weighted by atomic mass is 10.0. The van der Waals surface area contributed by atoms with E-state index in [0.29, 0.717) is 0 Å². The molecule has 1 nitrogen and oxygen atoms in total. The summed E-state index contributed by atoms with van der Waals surface area (Å²) in [5, 5.41) is 3.36. The van der Waals surface area contributed by atoms with Crippen molar-refractivity contribution >= 4 is 0 Å². The molecule has 0 radical (unpaired) electrons. The first-order chi connectivity index (χ1) is 4.38. The summed E-state index contributed by atoms with van der Waals surface area (Å²) >= 11 is 0. The largest absolute Gasteiger partial charge is 0.311 e. The molecular formula is C8H13N. The van der Waals surface area contributed by atoms with E-state index in [4.69, 9.17) is 0 Å². The molecule has 3 fully saturated rings. The van der Waals surface area contributed by atoms with Crippen molar-refractivity contribution < 1.29 is 0 Å². The van der Waals surface area contributed by atoms with Crippen molar-refractivity contribution in [3.05, 3.63) is 0 Å². The zero-order chi connectivity index (χ0) is 6.01. The monoisotopic (exact) mass is 123 g/mol. The summed E-state index contributed by atoms with van der Waals surface area (Å²) in [4.78, 5) is 0. The summed E-state index contributed by atoms with van der Waals surface area (Å²) in [6, 6.07) is 0.940. The maximum Gasteiger partial charge on any atom is 0.0196 e. The molecular weight excluding hydrogens is 110 g/mol. The Bertz CT molecular complexity index is 141. The molecule has 0 spiro atoms. The van der Waals surface area contributed by atoms with Gasteiger partial charge in [0.1, 0.15) is 0 Å². The first-order valence-corrected chi connectivity index (χ1v) is 4.11. The molecule has 1 heterocycles. The van der Waals surface area contributed by atoms with Crippen LogP contribution in [0.15, 0.2) is 0 Å². The quantitative estimate of drug-likeness (QED) is 0.540. The minimum atomic E-state index is 0.940.